The number of amides is 1. The van der Waals surface area contributed by atoms with Crippen LogP contribution in [0.1, 0.15) is 37.8 Å². The van der Waals surface area contributed by atoms with Crippen molar-refractivity contribution in [3.8, 4) is 0 Å². The zero-order valence-corrected chi connectivity index (χ0v) is 16.6. The van der Waals surface area contributed by atoms with Gasteiger partial charge in [0.05, 0.1) is 12.0 Å². The third-order valence-corrected chi connectivity index (χ3v) is 5.34. The molecule has 0 saturated carbocycles. The van der Waals surface area contributed by atoms with Gasteiger partial charge in [0.1, 0.15) is 0 Å². The summed E-state index contributed by atoms with van der Waals surface area (Å²) < 4.78 is 0. The molecule has 2 aliphatic heterocycles. The normalized spacial score (nSPS) is 22.5. The fourth-order valence-corrected chi connectivity index (χ4v) is 3.69. The molecule has 3 rings (SSSR count). The first-order chi connectivity index (χ1) is 11.2. The van der Waals surface area contributed by atoms with E-state index < -0.39 is 0 Å². The van der Waals surface area contributed by atoms with Crippen molar-refractivity contribution in [3.05, 3.63) is 35.9 Å². The monoisotopic (exact) mass is 387 g/mol. The van der Waals surface area contributed by atoms with Crippen LogP contribution in [0.2, 0.25) is 0 Å². The maximum Gasteiger partial charge on any atom is 0.224 e. The minimum absolute atomic E-state index is 0. The number of likely N-dealkylation sites (tertiary alicyclic amines) is 1. The first-order valence-electron chi connectivity index (χ1n) is 9.01. The highest BCUT2D eigenvalue weighted by molar-refractivity contribution is 5.85. The van der Waals surface area contributed by atoms with Gasteiger partial charge in [-0.25, -0.2) is 0 Å². The lowest BCUT2D eigenvalue weighted by Gasteiger charge is -2.37. The van der Waals surface area contributed by atoms with Crippen molar-refractivity contribution >= 4 is 30.7 Å². The molecule has 2 saturated heterocycles. The van der Waals surface area contributed by atoms with Gasteiger partial charge in [0.25, 0.3) is 0 Å². The Morgan fingerprint density at radius 2 is 1.88 bits per heavy atom. The highest BCUT2D eigenvalue weighted by atomic mass is 35.5. The SMILES string of the molecule is CC1CCN(C(CNC(=O)C2CCNC2)c2ccccc2)CC1.Cl.Cl. The Balaban J connectivity index is 0.00000156. The standard InChI is InChI=1S/C19H29N3O.2ClH/c1-15-8-11-22(12-9-15)18(16-5-3-2-4-6-16)14-21-19(23)17-7-10-20-13-17;;/h2-6,15,17-18,20H,7-14H2,1H3,(H,21,23);2*1H. The molecule has 0 aromatic heterocycles. The third-order valence-electron chi connectivity index (χ3n) is 5.34. The number of rotatable bonds is 5. The second-order valence-corrected chi connectivity index (χ2v) is 7.08. The Morgan fingerprint density at radius 3 is 2.48 bits per heavy atom. The molecule has 0 radical (unpaired) electrons. The fourth-order valence-electron chi connectivity index (χ4n) is 3.69. The van der Waals surface area contributed by atoms with E-state index in [2.05, 4.69) is 52.8 Å². The Hall–Kier alpha value is -0.810. The van der Waals surface area contributed by atoms with Gasteiger partial charge in [-0.15, -0.1) is 24.8 Å². The van der Waals surface area contributed by atoms with Gasteiger partial charge >= 0.3 is 0 Å². The lowest BCUT2D eigenvalue weighted by atomic mass is 9.95. The van der Waals surface area contributed by atoms with E-state index in [0.717, 1.165) is 38.5 Å². The predicted octanol–water partition coefficient (Wildman–Crippen LogP) is 3.03. The molecule has 1 aromatic carbocycles. The van der Waals surface area contributed by atoms with Crippen LogP contribution >= 0.6 is 24.8 Å². The Labute approximate surface area is 163 Å². The van der Waals surface area contributed by atoms with Crippen LogP contribution in [0.15, 0.2) is 30.3 Å². The minimum atomic E-state index is 0. The summed E-state index contributed by atoms with van der Waals surface area (Å²) in [4.78, 5) is 14.9. The molecule has 6 heteroatoms. The van der Waals surface area contributed by atoms with Crippen LogP contribution in [0.5, 0.6) is 0 Å². The van der Waals surface area contributed by atoms with E-state index in [-0.39, 0.29) is 36.6 Å². The summed E-state index contributed by atoms with van der Waals surface area (Å²) in [7, 11) is 0. The zero-order valence-electron chi connectivity index (χ0n) is 14.9. The Kier molecular flexibility index (Phi) is 9.80. The third kappa shape index (κ3) is 6.14. The molecule has 0 aliphatic carbocycles. The van der Waals surface area contributed by atoms with Gasteiger partial charge in [0.2, 0.25) is 5.91 Å². The predicted molar refractivity (Wildman–Crippen MR) is 108 cm³/mol. The van der Waals surface area contributed by atoms with Gasteiger partial charge in [0.15, 0.2) is 0 Å². The molecule has 2 aliphatic rings. The number of nitrogens with one attached hydrogen (secondary N) is 2. The van der Waals surface area contributed by atoms with Gasteiger partial charge in [-0.2, -0.15) is 0 Å². The second-order valence-electron chi connectivity index (χ2n) is 7.08. The molecule has 2 fully saturated rings. The number of carbonyl (C=O) groups excluding carboxylic acids is 1. The molecule has 0 bridgehead atoms. The number of hydrogen-bond donors (Lipinski definition) is 2. The highest BCUT2D eigenvalue weighted by Crippen LogP contribution is 2.26. The van der Waals surface area contributed by atoms with Crippen LogP contribution in [0, 0.1) is 11.8 Å². The van der Waals surface area contributed by atoms with Crippen LogP contribution in [0.4, 0.5) is 0 Å². The van der Waals surface area contributed by atoms with Gasteiger partial charge in [-0.05, 0) is 50.4 Å². The average Bonchev–Trinajstić information content (AvgIpc) is 3.12. The van der Waals surface area contributed by atoms with Crippen LogP contribution in [0.3, 0.4) is 0 Å². The summed E-state index contributed by atoms with van der Waals surface area (Å²) in [6.45, 7) is 7.09. The lowest BCUT2D eigenvalue weighted by Crippen LogP contribution is -2.43. The summed E-state index contributed by atoms with van der Waals surface area (Å²) in [5, 5.41) is 6.48. The molecule has 2 unspecified atom stereocenters. The molecule has 2 atom stereocenters. The second kappa shape index (κ2) is 11.0. The van der Waals surface area contributed by atoms with E-state index in [1.54, 1.807) is 0 Å². The van der Waals surface area contributed by atoms with Crippen LogP contribution in [-0.2, 0) is 4.79 Å². The fraction of sp³-hybridized carbons (Fsp3) is 0.632. The number of hydrogen-bond acceptors (Lipinski definition) is 3. The molecule has 142 valence electrons. The molecule has 0 spiro atoms. The van der Waals surface area contributed by atoms with E-state index in [1.807, 2.05) is 0 Å². The number of piperidine rings is 1. The Bertz CT molecular complexity index is 501. The summed E-state index contributed by atoms with van der Waals surface area (Å²) in [5.74, 6) is 1.18. The van der Waals surface area contributed by atoms with Crippen molar-refractivity contribution in [3.63, 3.8) is 0 Å². The number of carbonyl (C=O) groups is 1. The first kappa shape index (κ1) is 22.2. The van der Waals surface area contributed by atoms with Crippen molar-refractivity contribution in [2.24, 2.45) is 11.8 Å². The van der Waals surface area contributed by atoms with Crippen LogP contribution in [-0.4, -0.2) is 43.5 Å². The van der Waals surface area contributed by atoms with E-state index in [9.17, 15) is 4.79 Å². The maximum absolute atomic E-state index is 12.3. The molecule has 1 aromatic rings. The van der Waals surface area contributed by atoms with Crippen molar-refractivity contribution in [1.29, 1.82) is 0 Å². The van der Waals surface area contributed by atoms with Crippen molar-refractivity contribution in [2.45, 2.75) is 32.2 Å². The van der Waals surface area contributed by atoms with Crippen molar-refractivity contribution in [2.75, 3.05) is 32.7 Å². The Morgan fingerprint density at radius 1 is 1.20 bits per heavy atom. The first-order valence-corrected chi connectivity index (χ1v) is 9.01. The van der Waals surface area contributed by atoms with Crippen LogP contribution < -0.4 is 10.6 Å². The largest absolute Gasteiger partial charge is 0.354 e. The van der Waals surface area contributed by atoms with Gasteiger partial charge in [0, 0.05) is 13.1 Å². The summed E-state index contributed by atoms with van der Waals surface area (Å²) >= 11 is 0. The van der Waals surface area contributed by atoms with Gasteiger partial charge in [-0.3, -0.25) is 9.69 Å². The number of benzene rings is 1. The zero-order chi connectivity index (χ0) is 16.1. The smallest absolute Gasteiger partial charge is 0.224 e. The lowest BCUT2D eigenvalue weighted by molar-refractivity contribution is -0.124. The topological polar surface area (TPSA) is 44.4 Å². The summed E-state index contributed by atoms with van der Waals surface area (Å²) in [6, 6.07) is 10.9. The molecule has 2 heterocycles. The molecule has 4 nitrogen and oxygen atoms in total. The van der Waals surface area contributed by atoms with E-state index >= 15 is 0 Å². The van der Waals surface area contributed by atoms with Crippen molar-refractivity contribution < 1.29 is 4.79 Å². The van der Waals surface area contributed by atoms with Gasteiger partial charge in [-0.1, -0.05) is 37.3 Å². The van der Waals surface area contributed by atoms with Crippen molar-refractivity contribution in [1.82, 2.24) is 15.5 Å². The van der Waals surface area contributed by atoms with E-state index in [0.29, 0.717) is 12.6 Å². The molecule has 2 N–H and O–H groups in total. The highest BCUT2D eigenvalue weighted by Gasteiger charge is 2.27. The molecular formula is C19H31Cl2N3O. The molecule has 25 heavy (non-hydrogen) atoms. The quantitative estimate of drug-likeness (QED) is 0.815. The van der Waals surface area contributed by atoms with E-state index in [4.69, 9.17) is 0 Å². The van der Waals surface area contributed by atoms with Crippen LogP contribution in [0.25, 0.3) is 0 Å². The minimum Gasteiger partial charge on any atom is -0.354 e. The maximum atomic E-state index is 12.3. The van der Waals surface area contributed by atoms with E-state index in [1.165, 1.54) is 18.4 Å². The summed E-state index contributed by atoms with van der Waals surface area (Å²) in [6.07, 6.45) is 3.47. The average molecular weight is 388 g/mol. The number of halogens is 2. The number of nitrogens with zero attached hydrogens (tertiary/aromatic N) is 1. The summed E-state index contributed by atoms with van der Waals surface area (Å²) in [5.41, 5.74) is 1.31. The molecular weight excluding hydrogens is 357 g/mol. The molecule has 1 amide bonds. The van der Waals surface area contributed by atoms with Gasteiger partial charge < -0.3 is 10.6 Å².